The third kappa shape index (κ3) is 3.68. The molecule has 1 aromatic carbocycles. The van der Waals surface area contributed by atoms with E-state index in [1.54, 1.807) is 16.4 Å². The lowest BCUT2D eigenvalue weighted by molar-refractivity contribution is -0.117. The predicted molar refractivity (Wildman–Crippen MR) is 102 cm³/mol. The van der Waals surface area contributed by atoms with Crippen molar-refractivity contribution >= 4 is 36.0 Å². The van der Waals surface area contributed by atoms with Crippen LogP contribution in [0.1, 0.15) is 36.1 Å². The molecule has 0 bridgehead atoms. The van der Waals surface area contributed by atoms with Crippen molar-refractivity contribution in [1.29, 1.82) is 0 Å². The number of nitrogens with one attached hydrogen (secondary N) is 2. The van der Waals surface area contributed by atoms with Crippen molar-refractivity contribution in [3.63, 3.8) is 0 Å². The average Bonchev–Trinajstić information content (AvgIpc) is 3.20. The first-order chi connectivity index (χ1) is 11.7. The predicted octanol–water partition coefficient (Wildman–Crippen LogP) is 2.53. The topological polar surface area (TPSA) is 71.8 Å². The van der Waals surface area contributed by atoms with Crippen LogP contribution in [0.5, 0.6) is 0 Å². The van der Waals surface area contributed by atoms with E-state index in [0.29, 0.717) is 11.9 Å². The number of nitrogens with zero attached hydrogens (tertiary/aromatic N) is 3. The monoisotopic (exact) mass is 379 g/mol. The number of amides is 1. The highest BCUT2D eigenvalue weighted by atomic mass is 35.5. The van der Waals surface area contributed by atoms with Crippen LogP contribution in [0.4, 0.5) is 5.95 Å². The zero-order chi connectivity index (χ0) is 16.5. The summed E-state index contributed by atoms with van der Waals surface area (Å²) in [5.41, 5.74) is 1.11. The van der Waals surface area contributed by atoms with Gasteiger partial charge in [0.05, 0.1) is 5.92 Å². The molecule has 25 heavy (non-hydrogen) atoms. The van der Waals surface area contributed by atoms with E-state index in [2.05, 4.69) is 26.8 Å². The molecule has 2 N–H and O–H groups in total. The number of carbonyl (C=O) groups is 1. The lowest BCUT2D eigenvalue weighted by atomic mass is 9.98. The van der Waals surface area contributed by atoms with Gasteiger partial charge in [-0.3, -0.25) is 10.1 Å². The Hall–Kier alpha value is -1.57. The number of fused-ring (bicyclic) bond motifs is 1. The van der Waals surface area contributed by atoms with Crippen LogP contribution in [0.25, 0.3) is 0 Å². The minimum atomic E-state index is -0.120. The molecule has 1 fully saturated rings. The Morgan fingerprint density at radius 2 is 2.08 bits per heavy atom. The zero-order valence-corrected chi connectivity index (χ0v) is 15.7. The summed E-state index contributed by atoms with van der Waals surface area (Å²) < 4.78 is 1.68. The molecule has 1 amide bonds. The summed E-state index contributed by atoms with van der Waals surface area (Å²) in [6.07, 6.45) is 2.09. The quantitative estimate of drug-likeness (QED) is 0.857. The number of aryl methyl sites for hydroxylation is 1. The van der Waals surface area contributed by atoms with Crippen molar-refractivity contribution in [3.05, 3.63) is 35.7 Å². The maximum absolute atomic E-state index is 12.7. The summed E-state index contributed by atoms with van der Waals surface area (Å²) >= 11 is 1.74. The smallest absolute Gasteiger partial charge is 0.235 e. The molecule has 0 radical (unpaired) electrons. The van der Waals surface area contributed by atoms with Crippen molar-refractivity contribution in [3.8, 4) is 0 Å². The van der Waals surface area contributed by atoms with Crippen molar-refractivity contribution in [2.24, 2.45) is 7.05 Å². The summed E-state index contributed by atoms with van der Waals surface area (Å²) in [4.78, 5) is 18.5. The van der Waals surface area contributed by atoms with Crippen molar-refractivity contribution < 1.29 is 4.79 Å². The maximum Gasteiger partial charge on any atom is 0.235 e. The Balaban J connectivity index is 0.00000182. The first-order valence-corrected chi connectivity index (χ1v) is 9.35. The van der Waals surface area contributed by atoms with Gasteiger partial charge < -0.3 is 5.32 Å². The molecule has 6 nitrogen and oxygen atoms in total. The average molecular weight is 380 g/mol. The van der Waals surface area contributed by atoms with Crippen molar-refractivity contribution in [2.75, 3.05) is 24.2 Å². The van der Waals surface area contributed by atoms with E-state index in [1.807, 2.05) is 25.2 Å². The van der Waals surface area contributed by atoms with Crippen LogP contribution in [0.2, 0.25) is 0 Å². The van der Waals surface area contributed by atoms with Gasteiger partial charge in [0.1, 0.15) is 0 Å². The molecule has 8 heteroatoms. The largest absolute Gasteiger partial charge is 0.317 e. The summed E-state index contributed by atoms with van der Waals surface area (Å²) in [5, 5.41) is 10.8. The fraction of sp³-hybridized carbons (Fsp3) is 0.471. The van der Waals surface area contributed by atoms with Gasteiger partial charge >= 0.3 is 0 Å². The standard InChI is InChI=1S/C17H21N5OS.ClH/c1-22-17(19-15(21-22)11-6-8-18-9-7-11)20-16(23)13-10-24-14-5-3-2-4-12(13)14;/h2-5,11,13,18H,6-10H2,1H3,(H,19,20,21,23);1H. The van der Waals surface area contributed by atoms with Gasteiger partial charge in [-0.25, -0.2) is 4.68 Å². The zero-order valence-electron chi connectivity index (χ0n) is 14.1. The summed E-state index contributed by atoms with van der Waals surface area (Å²) in [6.45, 7) is 2.00. The Kier molecular flexibility index (Phi) is 5.66. The van der Waals surface area contributed by atoms with E-state index >= 15 is 0 Å². The number of hydrogen-bond acceptors (Lipinski definition) is 5. The Labute approximate surface area is 157 Å². The summed E-state index contributed by atoms with van der Waals surface area (Å²) in [5.74, 6) is 2.43. The first kappa shape index (κ1) is 18.2. The highest BCUT2D eigenvalue weighted by molar-refractivity contribution is 7.99. The fourth-order valence-electron chi connectivity index (χ4n) is 3.34. The number of aromatic nitrogens is 3. The van der Waals surface area contributed by atoms with Gasteiger partial charge in [-0.1, -0.05) is 18.2 Å². The number of piperidine rings is 1. The molecule has 4 rings (SSSR count). The van der Waals surface area contributed by atoms with Crippen LogP contribution >= 0.6 is 24.2 Å². The summed E-state index contributed by atoms with van der Waals surface area (Å²) in [6, 6.07) is 8.12. The van der Waals surface area contributed by atoms with Gasteiger partial charge in [0, 0.05) is 23.6 Å². The third-order valence-corrected chi connectivity index (χ3v) is 5.92. The normalized spacial score (nSPS) is 20.0. The van der Waals surface area contributed by atoms with E-state index in [1.165, 1.54) is 4.90 Å². The molecule has 0 spiro atoms. The Morgan fingerprint density at radius 3 is 2.88 bits per heavy atom. The van der Waals surface area contributed by atoms with Crippen molar-refractivity contribution in [2.45, 2.75) is 29.6 Å². The number of carbonyl (C=O) groups excluding carboxylic acids is 1. The highest BCUT2D eigenvalue weighted by Gasteiger charge is 2.30. The number of anilines is 1. The third-order valence-electron chi connectivity index (χ3n) is 4.74. The lowest BCUT2D eigenvalue weighted by Gasteiger charge is -2.19. The number of benzene rings is 1. The van der Waals surface area contributed by atoms with Gasteiger partial charge in [0.2, 0.25) is 11.9 Å². The lowest BCUT2D eigenvalue weighted by Crippen LogP contribution is -2.27. The molecule has 2 aliphatic heterocycles. The molecule has 3 heterocycles. The second kappa shape index (κ2) is 7.76. The van der Waals surface area contributed by atoms with Crippen molar-refractivity contribution in [1.82, 2.24) is 20.1 Å². The van der Waals surface area contributed by atoms with E-state index < -0.39 is 0 Å². The molecule has 1 aromatic heterocycles. The second-order valence-corrected chi connectivity index (χ2v) is 7.39. The minimum Gasteiger partial charge on any atom is -0.317 e. The van der Waals surface area contributed by atoms with Crippen LogP contribution in [-0.2, 0) is 11.8 Å². The summed E-state index contributed by atoms with van der Waals surface area (Å²) in [7, 11) is 1.84. The number of halogens is 1. The second-order valence-electron chi connectivity index (χ2n) is 6.33. The van der Waals surface area contributed by atoms with E-state index in [4.69, 9.17) is 0 Å². The van der Waals surface area contributed by atoms with E-state index in [9.17, 15) is 4.79 Å². The molecule has 0 aliphatic carbocycles. The fourth-order valence-corrected chi connectivity index (χ4v) is 4.57. The van der Waals surface area contributed by atoms with Crippen LogP contribution in [0.3, 0.4) is 0 Å². The van der Waals surface area contributed by atoms with E-state index in [-0.39, 0.29) is 24.2 Å². The van der Waals surface area contributed by atoms with Gasteiger partial charge in [-0.05, 0) is 37.6 Å². The molecule has 2 aromatic rings. The highest BCUT2D eigenvalue weighted by Crippen LogP contribution is 2.39. The van der Waals surface area contributed by atoms with Gasteiger partial charge in [0.15, 0.2) is 5.82 Å². The van der Waals surface area contributed by atoms with Crippen LogP contribution < -0.4 is 10.6 Å². The molecule has 1 atom stereocenters. The minimum absolute atomic E-state index is 0. The van der Waals surface area contributed by atoms with Gasteiger partial charge in [-0.15, -0.1) is 24.2 Å². The molecule has 1 saturated heterocycles. The SMILES string of the molecule is Cl.Cn1nc(C2CCNCC2)nc1NC(=O)C1CSc2ccccc21. The van der Waals surface area contributed by atoms with Gasteiger partial charge in [0.25, 0.3) is 0 Å². The molecule has 134 valence electrons. The molecular weight excluding hydrogens is 358 g/mol. The van der Waals surface area contributed by atoms with Crippen LogP contribution in [-0.4, -0.2) is 39.5 Å². The molecule has 1 unspecified atom stereocenters. The number of rotatable bonds is 3. The molecule has 2 aliphatic rings. The molecular formula is C17H22ClN5OS. The maximum atomic E-state index is 12.7. The number of thioether (sulfide) groups is 1. The Morgan fingerprint density at radius 1 is 1.32 bits per heavy atom. The van der Waals surface area contributed by atoms with E-state index in [0.717, 1.165) is 43.1 Å². The van der Waals surface area contributed by atoms with Crippen LogP contribution in [0, 0.1) is 0 Å². The Bertz CT molecular complexity index is 759. The first-order valence-electron chi connectivity index (χ1n) is 8.36. The van der Waals surface area contributed by atoms with Gasteiger partial charge in [-0.2, -0.15) is 10.1 Å². The molecule has 0 saturated carbocycles. The number of hydrogen-bond donors (Lipinski definition) is 2. The van der Waals surface area contributed by atoms with Crippen LogP contribution in [0.15, 0.2) is 29.2 Å².